The third-order valence-corrected chi connectivity index (χ3v) is 5.44. The smallest absolute Gasteiger partial charge is 0.248 e. The van der Waals surface area contributed by atoms with E-state index in [2.05, 4.69) is 15.3 Å². The van der Waals surface area contributed by atoms with Crippen LogP contribution in [0.15, 0.2) is 36.7 Å². The Morgan fingerprint density at radius 1 is 1.22 bits per heavy atom. The molecule has 2 aliphatic heterocycles. The van der Waals surface area contributed by atoms with E-state index < -0.39 is 5.82 Å². The molecule has 1 atom stereocenters. The van der Waals surface area contributed by atoms with Gasteiger partial charge in [0.25, 0.3) is 0 Å². The van der Waals surface area contributed by atoms with Gasteiger partial charge in [-0.3, -0.25) is 14.6 Å². The molecule has 2 aromatic rings. The van der Waals surface area contributed by atoms with Gasteiger partial charge in [-0.25, -0.2) is 9.37 Å². The molecule has 9 nitrogen and oxygen atoms in total. The minimum absolute atomic E-state index is 0.0181. The lowest BCUT2D eigenvalue weighted by molar-refractivity contribution is -0.144. The van der Waals surface area contributed by atoms with Crippen LogP contribution in [-0.4, -0.2) is 77.6 Å². The normalized spacial score (nSPS) is 18.8. The minimum atomic E-state index is -0.398. The van der Waals surface area contributed by atoms with Crippen molar-refractivity contribution >= 4 is 23.3 Å². The van der Waals surface area contributed by atoms with Crippen LogP contribution in [0.25, 0.3) is 0 Å². The number of aromatic nitrogens is 2. The number of rotatable bonds is 8. The minimum Gasteiger partial charge on any atom is -0.370 e. The Hall–Kier alpha value is -3.11. The van der Waals surface area contributed by atoms with Crippen LogP contribution >= 0.6 is 0 Å². The van der Waals surface area contributed by atoms with E-state index in [9.17, 15) is 14.0 Å². The predicted molar refractivity (Wildman–Crippen MR) is 114 cm³/mol. The molecule has 2 amide bonds. The molecule has 2 saturated heterocycles. The molecule has 0 aromatic carbocycles. The highest BCUT2D eigenvalue weighted by Crippen LogP contribution is 2.22. The van der Waals surface area contributed by atoms with Crippen LogP contribution in [0.1, 0.15) is 24.6 Å². The standard InChI is InChI=1S/C22H26FN5O4/c23-16-3-6-20(25-12-16)26-17-4-5-18(24-13-17)19-14-28(9-11-32-19)22(30)15-31-10-8-27-7-1-2-21(27)29/h3-6,12-13,19H,1-2,7-11,14-15H2,(H,25,26). The van der Waals surface area contributed by atoms with E-state index in [0.717, 1.165) is 19.2 Å². The molecule has 4 heterocycles. The molecular formula is C22H26FN5O4. The summed E-state index contributed by atoms with van der Waals surface area (Å²) in [6.45, 7) is 2.93. The van der Waals surface area contributed by atoms with Gasteiger partial charge in [0.1, 0.15) is 24.3 Å². The van der Waals surface area contributed by atoms with Gasteiger partial charge in [-0.1, -0.05) is 0 Å². The van der Waals surface area contributed by atoms with Crippen LogP contribution in [-0.2, 0) is 19.1 Å². The van der Waals surface area contributed by atoms with Gasteiger partial charge in [0, 0.05) is 26.1 Å². The van der Waals surface area contributed by atoms with Crippen molar-refractivity contribution in [2.75, 3.05) is 51.3 Å². The largest absolute Gasteiger partial charge is 0.370 e. The summed E-state index contributed by atoms with van der Waals surface area (Å²) in [5, 5.41) is 3.05. The van der Waals surface area contributed by atoms with Crippen LogP contribution in [0.2, 0.25) is 0 Å². The quantitative estimate of drug-likeness (QED) is 0.623. The number of halogens is 1. The van der Waals surface area contributed by atoms with E-state index in [0.29, 0.717) is 56.5 Å². The van der Waals surface area contributed by atoms with Crippen molar-refractivity contribution in [1.29, 1.82) is 0 Å². The van der Waals surface area contributed by atoms with Gasteiger partial charge < -0.3 is 24.6 Å². The van der Waals surface area contributed by atoms with Gasteiger partial charge in [-0.2, -0.15) is 0 Å². The SMILES string of the molecule is O=C1CCCN1CCOCC(=O)N1CCOC(c2ccc(Nc3ccc(F)cn3)cn2)C1. The number of amides is 2. The summed E-state index contributed by atoms with van der Waals surface area (Å²) < 4.78 is 24.3. The first-order valence-electron chi connectivity index (χ1n) is 10.7. The summed E-state index contributed by atoms with van der Waals surface area (Å²) >= 11 is 0. The van der Waals surface area contributed by atoms with Crippen molar-refractivity contribution in [3.05, 3.63) is 48.2 Å². The number of morpholine rings is 1. The number of hydrogen-bond donors (Lipinski definition) is 1. The Labute approximate surface area is 185 Å². The Morgan fingerprint density at radius 2 is 2.12 bits per heavy atom. The maximum Gasteiger partial charge on any atom is 0.248 e. The van der Waals surface area contributed by atoms with Gasteiger partial charge in [-0.05, 0) is 30.7 Å². The Morgan fingerprint density at radius 3 is 2.84 bits per heavy atom. The van der Waals surface area contributed by atoms with Gasteiger partial charge in [0.2, 0.25) is 11.8 Å². The predicted octanol–water partition coefficient (Wildman–Crippen LogP) is 1.90. The van der Waals surface area contributed by atoms with Gasteiger partial charge in [0.15, 0.2) is 0 Å². The zero-order valence-corrected chi connectivity index (χ0v) is 17.7. The molecule has 0 bridgehead atoms. The molecule has 0 aliphatic carbocycles. The third kappa shape index (κ3) is 5.77. The fourth-order valence-electron chi connectivity index (χ4n) is 3.69. The topological polar surface area (TPSA) is 96.9 Å². The van der Waals surface area contributed by atoms with Crippen LogP contribution in [0.5, 0.6) is 0 Å². The number of anilines is 2. The van der Waals surface area contributed by atoms with Crippen molar-refractivity contribution in [3.8, 4) is 0 Å². The highest BCUT2D eigenvalue weighted by atomic mass is 19.1. The van der Waals surface area contributed by atoms with Gasteiger partial charge in [0.05, 0.1) is 43.5 Å². The number of carbonyl (C=O) groups excluding carboxylic acids is 2. The molecule has 1 N–H and O–H groups in total. The van der Waals surface area contributed by atoms with Gasteiger partial charge >= 0.3 is 0 Å². The average Bonchev–Trinajstić information content (AvgIpc) is 3.23. The second-order valence-corrected chi connectivity index (χ2v) is 7.69. The Balaban J connectivity index is 1.24. The van der Waals surface area contributed by atoms with E-state index in [-0.39, 0.29) is 24.5 Å². The zero-order valence-electron chi connectivity index (χ0n) is 17.7. The maximum atomic E-state index is 13.0. The van der Waals surface area contributed by atoms with Crippen molar-refractivity contribution < 1.29 is 23.5 Å². The van der Waals surface area contributed by atoms with Crippen molar-refractivity contribution in [2.24, 2.45) is 0 Å². The Kier molecular flexibility index (Phi) is 7.23. The molecule has 0 radical (unpaired) electrons. The molecule has 1 unspecified atom stereocenters. The summed E-state index contributed by atoms with van der Waals surface area (Å²) in [5.41, 5.74) is 1.43. The number of carbonyl (C=O) groups is 2. The molecule has 170 valence electrons. The van der Waals surface area contributed by atoms with E-state index in [1.807, 2.05) is 12.1 Å². The second-order valence-electron chi connectivity index (χ2n) is 7.69. The van der Waals surface area contributed by atoms with Crippen molar-refractivity contribution in [3.63, 3.8) is 0 Å². The molecule has 2 fully saturated rings. The monoisotopic (exact) mass is 443 g/mol. The van der Waals surface area contributed by atoms with Crippen LogP contribution < -0.4 is 5.32 Å². The first kappa shape index (κ1) is 22.1. The number of nitrogens with zero attached hydrogens (tertiary/aromatic N) is 4. The van der Waals surface area contributed by atoms with Crippen LogP contribution in [0.4, 0.5) is 15.9 Å². The molecule has 0 saturated carbocycles. The zero-order chi connectivity index (χ0) is 22.3. The maximum absolute atomic E-state index is 13.0. The number of likely N-dealkylation sites (tertiary alicyclic amines) is 1. The molecule has 2 aliphatic rings. The lowest BCUT2D eigenvalue weighted by Crippen LogP contribution is -2.44. The molecule has 0 spiro atoms. The summed E-state index contributed by atoms with van der Waals surface area (Å²) in [6.07, 6.45) is 3.95. The lowest BCUT2D eigenvalue weighted by Gasteiger charge is -2.32. The summed E-state index contributed by atoms with van der Waals surface area (Å²) in [4.78, 5) is 36.0. The van der Waals surface area contributed by atoms with E-state index >= 15 is 0 Å². The van der Waals surface area contributed by atoms with Gasteiger partial charge in [-0.15, -0.1) is 0 Å². The van der Waals surface area contributed by atoms with E-state index in [1.54, 1.807) is 22.1 Å². The number of pyridine rings is 2. The van der Waals surface area contributed by atoms with Crippen LogP contribution in [0, 0.1) is 5.82 Å². The highest BCUT2D eigenvalue weighted by Gasteiger charge is 2.26. The average molecular weight is 443 g/mol. The second kappa shape index (κ2) is 10.5. The van der Waals surface area contributed by atoms with Crippen LogP contribution in [0.3, 0.4) is 0 Å². The molecule has 2 aromatic heterocycles. The third-order valence-electron chi connectivity index (χ3n) is 5.44. The number of nitrogens with one attached hydrogen (secondary N) is 1. The Bertz CT molecular complexity index is 925. The summed E-state index contributed by atoms with van der Waals surface area (Å²) in [5.74, 6) is 0.163. The summed E-state index contributed by atoms with van der Waals surface area (Å²) in [7, 11) is 0. The fourth-order valence-corrected chi connectivity index (χ4v) is 3.69. The molecule has 4 rings (SSSR count). The highest BCUT2D eigenvalue weighted by molar-refractivity contribution is 5.78. The van der Waals surface area contributed by atoms with E-state index in [4.69, 9.17) is 9.47 Å². The molecular weight excluding hydrogens is 417 g/mol. The number of hydrogen-bond acceptors (Lipinski definition) is 7. The fraction of sp³-hybridized carbons (Fsp3) is 0.455. The van der Waals surface area contributed by atoms with Crippen molar-refractivity contribution in [1.82, 2.24) is 19.8 Å². The first-order chi connectivity index (χ1) is 15.6. The molecule has 32 heavy (non-hydrogen) atoms. The van der Waals surface area contributed by atoms with E-state index in [1.165, 1.54) is 6.07 Å². The van der Waals surface area contributed by atoms with Crippen molar-refractivity contribution in [2.45, 2.75) is 18.9 Å². The first-order valence-corrected chi connectivity index (χ1v) is 10.7. The summed E-state index contributed by atoms with van der Waals surface area (Å²) in [6, 6.07) is 6.53. The molecule has 10 heteroatoms. The number of ether oxygens (including phenoxy) is 2. The lowest BCUT2D eigenvalue weighted by atomic mass is 10.2.